The van der Waals surface area contributed by atoms with Gasteiger partial charge in [0.25, 0.3) is 0 Å². The van der Waals surface area contributed by atoms with Crippen LogP contribution < -0.4 is 5.32 Å². The van der Waals surface area contributed by atoms with E-state index in [0.717, 1.165) is 11.8 Å². The number of nitrogens with one attached hydrogen (secondary N) is 1. The van der Waals surface area contributed by atoms with Crippen molar-refractivity contribution < 1.29 is 0 Å². The maximum atomic E-state index is 3.67. The summed E-state index contributed by atoms with van der Waals surface area (Å²) in [7, 11) is 0. The Hall–Kier alpha value is 0.140. The van der Waals surface area contributed by atoms with Crippen LogP contribution >= 0.6 is 27.3 Å². The van der Waals surface area contributed by atoms with Gasteiger partial charge in [0.05, 0.1) is 3.79 Å². The Morgan fingerprint density at radius 2 is 2.31 bits per heavy atom. The Bertz CT molecular complexity index is 336. The zero-order valence-electron chi connectivity index (χ0n) is 10.0. The van der Waals surface area contributed by atoms with Crippen molar-refractivity contribution in [2.45, 2.75) is 39.2 Å². The van der Waals surface area contributed by atoms with Crippen LogP contribution in [-0.4, -0.2) is 6.54 Å². The van der Waals surface area contributed by atoms with Gasteiger partial charge in [-0.2, -0.15) is 0 Å². The lowest BCUT2D eigenvalue weighted by atomic mass is 9.98. The molecule has 1 saturated carbocycles. The normalized spacial score (nSPS) is 27.2. The molecule has 1 aromatic rings. The lowest BCUT2D eigenvalue weighted by Crippen LogP contribution is -2.26. The van der Waals surface area contributed by atoms with Crippen LogP contribution in [0.1, 0.15) is 44.0 Å². The van der Waals surface area contributed by atoms with E-state index in [2.05, 4.69) is 47.2 Å². The summed E-state index contributed by atoms with van der Waals surface area (Å²) in [6.45, 7) is 5.83. The first kappa shape index (κ1) is 12.6. The predicted octanol–water partition coefficient (Wildman–Crippen LogP) is 4.60. The monoisotopic (exact) mass is 301 g/mol. The van der Waals surface area contributed by atoms with Gasteiger partial charge in [0.1, 0.15) is 0 Å². The third kappa shape index (κ3) is 3.08. The standard InChI is InChI=1S/C13H20BrNS/c1-9-4-3-5-11(9)8-15-10(2)12-6-7-13(14)16-12/h6-7,9-11,15H,3-5,8H2,1-2H3. The van der Waals surface area contributed by atoms with Gasteiger partial charge in [0.15, 0.2) is 0 Å². The minimum atomic E-state index is 0.490. The first-order valence-corrected chi connectivity index (χ1v) is 7.76. The highest BCUT2D eigenvalue weighted by Gasteiger charge is 2.23. The Kier molecular flexibility index (Phi) is 4.45. The predicted molar refractivity (Wildman–Crippen MR) is 74.9 cm³/mol. The lowest BCUT2D eigenvalue weighted by molar-refractivity contribution is 0.376. The maximum absolute atomic E-state index is 3.67. The second-order valence-corrected chi connectivity index (χ2v) is 7.43. The van der Waals surface area contributed by atoms with Gasteiger partial charge in [-0.1, -0.05) is 19.8 Å². The van der Waals surface area contributed by atoms with Crippen molar-refractivity contribution in [3.63, 3.8) is 0 Å². The molecule has 1 aromatic heterocycles. The summed E-state index contributed by atoms with van der Waals surface area (Å²) in [5.74, 6) is 1.81. The van der Waals surface area contributed by atoms with Crippen LogP contribution in [0, 0.1) is 11.8 Å². The van der Waals surface area contributed by atoms with Gasteiger partial charge in [0, 0.05) is 10.9 Å². The topological polar surface area (TPSA) is 12.0 Å². The van der Waals surface area contributed by atoms with E-state index in [1.54, 1.807) is 0 Å². The molecular weight excluding hydrogens is 282 g/mol. The number of hydrogen-bond acceptors (Lipinski definition) is 2. The Morgan fingerprint density at radius 3 is 2.88 bits per heavy atom. The number of hydrogen-bond donors (Lipinski definition) is 1. The van der Waals surface area contributed by atoms with Crippen LogP contribution in [0.25, 0.3) is 0 Å². The second-order valence-electron chi connectivity index (χ2n) is 4.94. The van der Waals surface area contributed by atoms with Crippen molar-refractivity contribution in [1.82, 2.24) is 5.32 Å². The number of thiophene rings is 1. The Balaban J connectivity index is 1.81. The van der Waals surface area contributed by atoms with Crippen LogP contribution in [0.2, 0.25) is 0 Å². The molecule has 3 heteroatoms. The van der Waals surface area contributed by atoms with Crippen molar-refractivity contribution in [3.05, 3.63) is 20.8 Å². The first-order valence-electron chi connectivity index (χ1n) is 6.15. The fraction of sp³-hybridized carbons (Fsp3) is 0.692. The minimum Gasteiger partial charge on any atom is -0.309 e. The van der Waals surface area contributed by atoms with Crippen molar-refractivity contribution in [3.8, 4) is 0 Å². The van der Waals surface area contributed by atoms with Crippen LogP contribution in [0.3, 0.4) is 0 Å². The summed E-state index contributed by atoms with van der Waals surface area (Å²) in [6, 6.07) is 4.84. The third-order valence-electron chi connectivity index (χ3n) is 3.75. The molecule has 0 aliphatic heterocycles. The molecule has 1 aliphatic carbocycles. The molecule has 0 aromatic carbocycles. The molecule has 0 spiro atoms. The van der Waals surface area contributed by atoms with Crippen molar-refractivity contribution in [2.75, 3.05) is 6.54 Å². The molecule has 1 nitrogen and oxygen atoms in total. The number of rotatable bonds is 4. The zero-order chi connectivity index (χ0) is 11.5. The van der Waals surface area contributed by atoms with E-state index in [1.807, 2.05) is 11.3 Å². The molecule has 16 heavy (non-hydrogen) atoms. The average molecular weight is 302 g/mol. The van der Waals surface area contributed by atoms with Gasteiger partial charge >= 0.3 is 0 Å². The molecule has 0 radical (unpaired) electrons. The molecule has 0 bridgehead atoms. The van der Waals surface area contributed by atoms with Crippen LogP contribution in [0.5, 0.6) is 0 Å². The zero-order valence-corrected chi connectivity index (χ0v) is 12.4. The number of halogens is 1. The molecule has 1 aliphatic rings. The molecule has 90 valence electrons. The van der Waals surface area contributed by atoms with E-state index in [0.29, 0.717) is 6.04 Å². The Labute approximate surface area is 111 Å². The molecule has 3 atom stereocenters. The molecular formula is C13H20BrNS. The quantitative estimate of drug-likeness (QED) is 0.857. The van der Waals surface area contributed by atoms with Gasteiger partial charge in [-0.05, 0) is 59.8 Å². The van der Waals surface area contributed by atoms with Gasteiger partial charge in [0.2, 0.25) is 0 Å². The highest BCUT2D eigenvalue weighted by atomic mass is 79.9. The molecule has 1 N–H and O–H groups in total. The summed E-state index contributed by atoms with van der Waals surface area (Å²) in [4.78, 5) is 1.43. The SMILES string of the molecule is CC(NCC1CCCC1C)c1ccc(Br)s1. The fourth-order valence-corrected chi connectivity index (χ4v) is 3.97. The smallest absolute Gasteiger partial charge is 0.0701 e. The molecule has 0 amide bonds. The van der Waals surface area contributed by atoms with Crippen molar-refractivity contribution in [1.29, 1.82) is 0 Å². The Morgan fingerprint density at radius 1 is 1.50 bits per heavy atom. The van der Waals surface area contributed by atoms with Crippen LogP contribution in [0.4, 0.5) is 0 Å². The summed E-state index contributed by atoms with van der Waals surface area (Å²) >= 11 is 5.35. The van der Waals surface area contributed by atoms with Gasteiger partial charge < -0.3 is 5.32 Å². The lowest BCUT2D eigenvalue weighted by Gasteiger charge is -2.19. The summed E-state index contributed by atoms with van der Waals surface area (Å²) in [5, 5.41) is 3.67. The fourth-order valence-electron chi connectivity index (χ4n) is 2.52. The summed E-state index contributed by atoms with van der Waals surface area (Å²) in [5.41, 5.74) is 0. The molecule has 3 unspecified atom stereocenters. The van der Waals surface area contributed by atoms with E-state index < -0.39 is 0 Å². The highest BCUT2D eigenvalue weighted by molar-refractivity contribution is 9.11. The van der Waals surface area contributed by atoms with Crippen LogP contribution in [0.15, 0.2) is 15.9 Å². The van der Waals surface area contributed by atoms with Gasteiger partial charge in [-0.25, -0.2) is 0 Å². The molecule has 0 saturated heterocycles. The average Bonchev–Trinajstić information content (AvgIpc) is 2.84. The largest absolute Gasteiger partial charge is 0.309 e. The summed E-state index contributed by atoms with van der Waals surface area (Å²) in [6.07, 6.45) is 4.26. The molecule has 1 heterocycles. The molecule has 2 rings (SSSR count). The van der Waals surface area contributed by atoms with E-state index in [1.165, 1.54) is 34.5 Å². The van der Waals surface area contributed by atoms with E-state index >= 15 is 0 Å². The third-order valence-corrected chi connectivity index (χ3v) is 5.55. The van der Waals surface area contributed by atoms with E-state index in [9.17, 15) is 0 Å². The molecule has 1 fully saturated rings. The maximum Gasteiger partial charge on any atom is 0.0701 e. The van der Waals surface area contributed by atoms with Gasteiger partial charge in [-0.3, -0.25) is 0 Å². The summed E-state index contributed by atoms with van der Waals surface area (Å²) < 4.78 is 1.23. The van der Waals surface area contributed by atoms with Crippen molar-refractivity contribution >= 4 is 27.3 Å². The van der Waals surface area contributed by atoms with Crippen molar-refractivity contribution in [2.24, 2.45) is 11.8 Å². The van der Waals surface area contributed by atoms with Crippen LogP contribution in [-0.2, 0) is 0 Å². The highest BCUT2D eigenvalue weighted by Crippen LogP contribution is 2.32. The minimum absolute atomic E-state index is 0.490. The first-order chi connectivity index (χ1) is 7.66. The van der Waals surface area contributed by atoms with Gasteiger partial charge in [-0.15, -0.1) is 11.3 Å². The van der Waals surface area contributed by atoms with E-state index in [-0.39, 0.29) is 0 Å². The second kappa shape index (κ2) is 5.65. The van der Waals surface area contributed by atoms with E-state index in [4.69, 9.17) is 0 Å².